The lowest BCUT2D eigenvalue weighted by atomic mass is 9.98. The summed E-state index contributed by atoms with van der Waals surface area (Å²) in [5.41, 5.74) is -2.78. The van der Waals surface area contributed by atoms with Gasteiger partial charge in [0.15, 0.2) is 0 Å². The topological polar surface area (TPSA) is 52.6 Å². The van der Waals surface area contributed by atoms with Crippen molar-refractivity contribution in [3.05, 3.63) is 0 Å². The van der Waals surface area contributed by atoms with E-state index in [4.69, 9.17) is 5.11 Å². The van der Waals surface area contributed by atoms with Crippen LogP contribution in [-0.4, -0.2) is 53.9 Å². The van der Waals surface area contributed by atoms with Gasteiger partial charge in [-0.1, -0.05) is 0 Å². The van der Waals surface area contributed by atoms with Gasteiger partial charge in [0.1, 0.15) is 0 Å². The van der Waals surface area contributed by atoms with E-state index in [1.54, 1.807) is 0 Å². The minimum Gasteiger partial charge on any atom is -0.480 e. The highest BCUT2D eigenvalue weighted by molar-refractivity contribution is 5.79. The van der Waals surface area contributed by atoms with Crippen LogP contribution in [0.25, 0.3) is 0 Å². The zero-order valence-corrected chi connectivity index (χ0v) is 8.26. The first-order valence-electron chi connectivity index (χ1n) is 4.56. The standard InChI is InChI=1S/C8H13F3N2O2/c1-7(6(14)15,8(9,10)11)13-4-2-12-3-5-13/h12H,2-5H2,1H3,(H,14,15). The third kappa shape index (κ3) is 2.07. The number of aliphatic carboxylic acids is 1. The molecule has 1 saturated heterocycles. The molecule has 0 aliphatic carbocycles. The molecule has 1 aliphatic heterocycles. The fourth-order valence-corrected chi connectivity index (χ4v) is 1.55. The zero-order chi connectivity index (χ0) is 11.7. The molecule has 0 radical (unpaired) electrons. The smallest absolute Gasteiger partial charge is 0.417 e. The molecule has 1 aliphatic rings. The Bertz CT molecular complexity index is 251. The highest BCUT2D eigenvalue weighted by Gasteiger charge is 2.60. The van der Waals surface area contributed by atoms with Crippen molar-refractivity contribution in [2.75, 3.05) is 26.2 Å². The van der Waals surface area contributed by atoms with Crippen LogP contribution in [0.1, 0.15) is 6.92 Å². The highest BCUT2D eigenvalue weighted by atomic mass is 19.4. The van der Waals surface area contributed by atoms with Crippen molar-refractivity contribution in [2.45, 2.75) is 18.6 Å². The van der Waals surface area contributed by atoms with Gasteiger partial charge < -0.3 is 10.4 Å². The van der Waals surface area contributed by atoms with Crippen molar-refractivity contribution < 1.29 is 23.1 Å². The van der Waals surface area contributed by atoms with Crippen LogP contribution in [0.15, 0.2) is 0 Å². The molecule has 88 valence electrons. The number of carboxylic acid groups (broad SMARTS) is 1. The number of hydrogen-bond acceptors (Lipinski definition) is 3. The molecule has 0 aromatic heterocycles. The van der Waals surface area contributed by atoms with Gasteiger partial charge >= 0.3 is 12.1 Å². The van der Waals surface area contributed by atoms with Crippen LogP contribution in [0.3, 0.4) is 0 Å². The molecule has 1 unspecified atom stereocenters. The molecule has 2 N–H and O–H groups in total. The normalized spacial score (nSPS) is 23.5. The molecule has 4 nitrogen and oxygen atoms in total. The minimum atomic E-state index is -4.77. The summed E-state index contributed by atoms with van der Waals surface area (Å²) in [4.78, 5) is 11.7. The first-order valence-corrected chi connectivity index (χ1v) is 4.56. The summed E-state index contributed by atoms with van der Waals surface area (Å²) < 4.78 is 38.1. The first-order chi connectivity index (χ1) is 6.80. The molecular formula is C8H13F3N2O2. The van der Waals surface area contributed by atoms with Gasteiger partial charge in [0.25, 0.3) is 0 Å². The van der Waals surface area contributed by atoms with Crippen LogP contribution in [0.5, 0.6) is 0 Å². The van der Waals surface area contributed by atoms with Gasteiger partial charge in [-0.3, -0.25) is 4.90 Å². The quantitative estimate of drug-likeness (QED) is 0.711. The SMILES string of the molecule is CC(C(=O)O)(N1CCNCC1)C(F)(F)F. The predicted octanol–water partition coefficient (Wildman–Crippen LogP) is 0.297. The molecule has 1 atom stereocenters. The number of carbonyl (C=O) groups is 1. The molecule has 0 spiro atoms. The maximum absolute atomic E-state index is 12.7. The lowest BCUT2D eigenvalue weighted by Gasteiger charge is -2.41. The Kier molecular flexibility index (Phi) is 3.25. The van der Waals surface area contributed by atoms with Crippen molar-refractivity contribution in [3.63, 3.8) is 0 Å². The molecule has 1 fully saturated rings. The fourth-order valence-electron chi connectivity index (χ4n) is 1.55. The molecule has 0 aromatic carbocycles. The number of rotatable bonds is 2. The van der Waals surface area contributed by atoms with E-state index in [-0.39, 0.29) is 13.1 Å². The Morgan fingerprint density at radius 3 is 2.13 bits per heavy atom. The van der Waals surface area contributed by atoms with Gasteiger partial charge in [-0.05, 0) is 6.92 Å². The molecule has 7 heteroatoms. The molecule has 0 aromatic rings. The van der Waals surface area contributed by atoms with Gasteiger partial charge in [-0.15, -0.1) is 0 Å². The number of carboxylic acids is 1. The maximum Gasteiger partial charge on any atom is 0.417 e. The minimum absolute atomic E-state index is 0.0856. The Morgan fingerprint density at radius 2 is 1.80 bits per heavy atom. The molecular weight excluding hydrogens is 213 g/mol. The summed E-state index contributed by atoms with van der Waals surface area (Å²) in [6.07, 6.45) is -4.77. The second-order valence-electron chi connectivity index (χ2n) is 3.61. The Balaban J connectivity index is 2.94. The zero-order valence-electron chi connectivity index (χ0n) is 8.26. The fraction of sp³-hybridized carbons (Fsp3) is 0.875. The van der Waals surface area contributed by atoms with Crippen molar-refractivity contribution in [3.8, 4) is 0 Å². The average Bonchev–Trinajstić information content (AvgIpc) is 2.16. The van der Waals surface area contributed by atoms with E-state index in [2.05, 4.69) is 5.32 Å². The van der Waals surface area contributed by atoms with Crippen LogP contribution in [0.4, 0.5) is 13.2 Å². The lowest BCUT2D eigenvalue weighted by molar-refractivity contribution is -0.234. The summed E-state index contributed by atoms with van der Waals surface area (Å²) in [5.74, 6) is -1.85. The summed E-state index contributed by atoms with van der Waals surface area (Å²) >= 11 is 0. The van der Waals surface area contributed by atoms with Gasteiger partial charge in [0, 0.05) is 26.2 Å². The molecule has 1 heterocycles. The summed E-state index contributed by atoms with van der Waals surface area (Å²) in [6, 6.07) is 0. The number of nitrogens with one attached hydrogen (secondary N) is 1. The number of halogens is 3. The van der Waals surface area contributed by atoms with Crippen molar-refractivity contribution in [1.82, 2.24) is 10.2 Å². The van der Waals surface area contributed by atoms with E-state index in [0.717, 1.165) is 4.90 Å². The largest absolute Gasteiger partial charge is 0.480 e. The third-order valence-corrected chi connectivity index (χ3v) is 2.72. The monoisotopic (exact) mass is 226 g/mol. The highest BCUT2D eigenvalue weighted by Crippen LogP contribution is 2.35. The van der Waals surface area contributed by atoms with Crippen molar-refractivity contribution in [2.24, 2.45) is 0 Å². The Morgan fingerprint density at radius 1 is 1.33 bits per heavy atom. The second-order valence-corrected chi connectivity index (χ2v) is 3.61. The van der Waals surface area contributed by atoms with E-state index in [0.29, 0.717) is 20.0 Å². The number of piperazine rings is 1. The van der Waals surface area contributed by atoms with E-state index >= 15 is 0 Å². The second kappa shape index (κ2) is 3.97. The molecule has 0 saturated carbocycles. The van der Waals surface area contributed by atoms with Gasteiger partial charge in [0.2, 0.25) is 5.54 Å². The van der Waals surface area contributed by atoms with Gasteiger partial charge in [0.05, 0.1) is 0 Å². The van der Waals surface area contributed by atoms with Crippen molar-refractivity contribution >= 4 is 5.97 Å². The maximum atomic E-state index is 12.7. The summed E-state index contributed by atoms with van der Waals surface area (Å²) in [6.45, 7) is 1.63. The number of alkyl halides is 3. The summed E-state index contributed by atoms with van der Waals surface area (Å²) in [7, 11) is 0. The van der Waals surface area contributed by atoms with Crippen LogP contribution in [-0.2, 0) is 4.79 Å². The van der Waals surface area contributed by atoms with E-state index < -0.39 is 17.7 Å². The van der Waals surface area contributed by atoms with Crippen molar-refractivity contribution in [1.29, 1.82) is 0 Å². The van der Waals surface area contributed by atoms with Crippen LogP contribution in [0, 0.1) is 0 Å². The predicted molar refractivity (Wildman–Crippen MR) is 46.5 cm³/mol. The van der Waals surface area contributed by atoms with E-state index in [1.165, 1.54) is 0 Å². The average molecular weight is 226 g/mol. The third-order valence-electron chi connectivity index (χ3n) is 2.72. The number of nitrogens with zero attached hydrogens (tertiary/aromatic N) is 1. The van der Waals surface area contributed by atoms with Gasteiger partial charge in [-0.2, -0.15) is 13.2 Å². The molecule has 0 bridgehead atoms. The van der Waals surface area contributed by atoms with Gasteiger partial charge in [-0.25, -0.2) is 4.79 Å². The first kappa shape index (κ1) is 12.3. The van der Waals surface area contributed by atoms with Crippen LogP contribution >= 0.6 is 0 Å². The van der Waals surface area contributed by atoms with E-state index in [1.807, 2.05) is 0 Å². The Hall–Kier alpha value is -0.820. The molecule has 1 rings (SSSR count). The lowest BCUT2D eigenvalue weighted by Crippen LogP contribution is -2.65. The number of hydrogen-bond donors (Lipinski definition) is 2. The van der Waals surface area contributed by atoms with Crippen LogP contribution in [0.2, 0.25) is 0 Å². The van der Waals surface area contributed by atoms with E-state index in [9.17, 15) is 18.0 Å². The van der Waals surface area contributed by atoms with Crippen LogP contribution < -0.4 is 5.32 Å². The Labute approximate surface area is 85.1 Å². The molecule has 15 heavy (non-hydrogen) atoms. The summed E-state index contributed by atoms with van der Waals surface area (Å²) in [5, 5.41) is 11.6. The molecule has 0 amide bonds.